The zero-order chi connectivity index (χ0) is 15.4. The molecule has 7 heteroatoms. The molecular weight excluding hydrogens is 294 g/mol. The van der Waals surface area contributed by atoms with Crippen LogP contribution in [-0.2, 0) is 4.79 Å². The molecule has 0 atom stereocenters. The van der Waals surface area contributed by atoms with Crippen LogP contribution in [-0.4, -0.2) is 41.7 Å². The van der Waals surface area contributed by atoms with Crippen molar-refractivity contribution in [3.05, 3.63) is 35.6 Å². The van der Waals surface area contributed by atoms with Gasteiger partial charge in [0.05, 0.1) is 0 Å². The average molecular weight is 308 g/mol. The molecule has 2 aromatic rings. The Kier molecular flexibility index (Phi) is 4.59. The first-order valence-corrected chi connectivity index (χ1v) is 6.49. The number of rotatable bonds is 5. The second-order valence-corrected chi connectivity index (χ2v) is 4.93. The minimum atomic E-state index is -1.05. The third-order valence-electron chi connectivity index (χ3n) is 2.64. The number of ether oxygens (including phenoxy) is 1. The molecule has 110 valence electrons. The largest absolute Gasteiger partial charge is 0.481 e. The van der Waals surface area contributed by atoms with Gasteiger partial charge in [-0.25, -0.2) is 14.8 Å². The summed E-state index contributed by atoms with van der Waals surface area (Å²) in [5.41, 5.74) is 1.34. The lowest BCUT2D eigenvalue weighted by molar-refractivity contribution is -0.139. The summed E-state index contributed by atoms with van der Waals surface area (Å²) in [6.07, 6.45) is 3.28. The third-order valence-corrected chi connectivity index (χ3v) is 2.88. The van der Waals surface area contributed by atoms with Crippen LogP contribution in [0.25, 0.3) is 11.1 Å². The van der Waals surface area contributed by atoms with E-state index in [0.29, 0.717) is 27.8 Å². The van der Waals surface area contributed by atoms with Gasteiger partial charge in [0.2, 0.25) is 5.95 Å². The molecular formula is C14H14ClN3O3. The van der Waals surface area contributed by atoms with Crippen molar-refractivity contribution in [1.29, 1.82) is 0 Å². The molecule has 0 bridgehead atoms. The van der Waals surface area contributed by atoms with E-state index in [9.17, 15) is 4.79 Å². The lowest BCUT2D eigenvalue weighted by Gasteiger charge is -2.12. The average Bonchev–Trinajstić information content (AvgIpc) is 2.46. The number of anilines is 1. The van der Waals surface area contributed by atoms with Gasteiger partial charge in [0.1, 0.15) is 5.75 Å². The van der Waals surface area contributed by atoms with Crippen molar-refractivity contribution in [1.82, 2.24) is 9.97 Å². The van der Waals surface area contributed by atoms with Gasteiger partial charge in [0.15, 0.2) is 6.61 Å². The SMILES string of the molecule is CN(C)c1ncc(-c2cc(Cl)ccc2OCC(=O)O)cn1. The Morgan fingerprint density at radius 2 is 2.00 bits per heavy atom. The highest BCUT2D eigenvalue weighted by atomic mass is 35.5. The van der Waals surface area contributed by atoms with E-state index < -0.39 is 12.6 Å². The van der Waals surface area contributed by atoms with Crippen LogP contribution in [0.3, 0.4) is 0 Å². The van der Waals surface area contributed by atoms with Crippen molar-refractivity contribution in [2.45, 2.75) is 0 Å². The maximum Gasteiger partial charge on any atom is 0.341 e. The molecule has 0 unspecified atom stereocenters. The van der Waals surface area contributed by atoms with E-state index in [4.69, 9.17) is 21.4 Å². The summed E-state index contributed by atoms with van der Waals surface area (Å²) in [5, 5.41) is 9.22. The van der Waals surface area contributed by atoms with Crippen LogP contribution in [0.4, 0.5) is 5.95 Å². The van der Waals surface area contributed by atoms with Gasteiger partial charge in [-0.15, -0.1) is 0 Å². The molecule has 0 amide bonds. The molecule has 0 spiro atoms. The number of carboxylic acids is 1. The maximum atomic E-state index is 10.6. The molecule has 6 nitrogen and oxygen atoms in total. The van der Waals surface area contributed by atoms with Gasteiger partial charge >= 0.3 is 5.97 Å². The number of hydrogen-bond acceptors (Lipinski definition) is 5. The number of halogens is 1. The van der Waals surface area contributed by atoms with Crippen LogP contribution in [0.5, 0.6) is 5.75 Å². The number of carboxylic acid groups (broad SMARTS) is 1. The first-order chi connectivity index (χ1) is 9.97. The number of hydrogen-bond donors (Lipinski definition) is 1. The van der Waals surface area contributed by atoms with Gasteiger partial charge in [-0.3, -0.25) is 0 Å². The third kappa shape index (κ3) is 3.82. The molecule has 1 N–H and O–H groups in total. The highest BCUT2D eigenvalue weighted by Crippen LogP contribution is 2.32. The Labute approximate surface area is 127 Å². The smallest absolute Gasteiger partial charge is 0.341 e. The second-order valence-electron chi connectivity index (χ2n) is 4.49. The number of carbonyl (C=O) groups is 1. The first-order valence-electron chi connectivity index (χ1n) is 6.11. The zero-order valence-electron chi connectivity index (χ0n) is 11.6. The van der Waals surface area contributed by atoms with E-state index in [0.717, 1.165) is 0 Å². The van der Waals surface area contributed by atoms with Crippen molar-refractivity contribution >= 4 is 23.5 Å². The van der Waals surface area contributed by atoms with Gasteiger partial charge in [0, 0.05) is 42.6 Å². The van der Waals surface area contributed by atoms with Crippen LogP contribution in [0, 0.1) is 0 Å². The molecule has 1 aromatic carbocycles. The minimum Gasteiger partial charge on any atom is -0.481 e. The molecule has 0 aliphatic rings. The molecule has 0 saturated carbocycles. The predicted molar refractivity (Wildman–Crippen MR) is 79.9 cm³/mol. The van der Waals surface area contributed by atoms with E-state index in [1.807, 2.05) is 14.1 Å². The number of aliphatic carboxylic acids is 1. The molecule has 1 heterocycles. The molecule has 0 saturated heterocycles. The van der Waals surface area contributed by atoms with E-state index >= 15 is 0 Å². The molecule has 0 fully saturated rings. The Morgan fingerprint density at radius 3 is 2.57 bits per heavy atom. The summed E-state index contributed by atoms with van der Waals surface area (Å²) in [6, 6.07) is 4.95. The number of nitrogens with zero attached hydrogens (tertiary/aromatic N) is 3. The summed E-state index contributed by atoms with van der Waals surface area (Å²) < 4.78 is 5.26. The maximum absolute atomic E-state index is 10.6. The van der Waals surface area contributed by atoms with Crippen LogP contribution >= 0.6 is 11.6 Å². The van der Waals surface area contributed by atoms with Gasteiger partial charge in [-0.05, 0) is 18.2 Å². The fraction of sp³-hybridized carbons (Fsp3) is 0.214. The number of benzene rings is 1. The normalized spacial score (nSPS) is 10.2. The van der Waals surface area contributed by atoms with Gasteiger partial charge in [-0.2, -0.15) is 0 Å². The predicted octanol–water partition coefficient (Wildman–Crippen LogP) is 2.33. The summed E-state index contributed by atoms with van der Waals surface area (Å²) in [5.74, 6) is -0.0492. The van der Waals surface area contributed by atoms with Gasteiger partial charge in [-0.1, -0.05) is 11.6 Å². The van der Waals surface area contributed by atoms with E-state index in [2.05, 4.69) is 9.97 Å². The molecule has 21 heavy (non-hydrogen) atoms. The van der Waals surface area contributed by atoms with Crippen molar-refractivity contribution in [2.75, 3.05) is 25.6 Å². The Bertz CT molecular complexity index is 644. The van der Waals surface area contributed by atoms with Crippen LogP contribution in [0.2, 0.25) is 5.02 Å². The van der Waals surface area contributed by atoms with Gasteiger partial charge < -0.3 is 14.7 Å². The summed E-state index contributed by atoms with van der Waals surface area (Å²) in [6.45, 7) is -0.425. The molecule has 0 aliphatic heterocycles. The van der Waals surface area contributed by atoms with E-state index in [1.54, 1.807) is 35.5 Å². The second kappa shape index (κ2) is 6.41. The monoisotopic (exact) mass is 307 g/mol. The Balaban J connectivity index is 2.36. The summed E-state index contributed by atoms with van der Waals surface area (Å²) in [4.78, 5) is 20.8. The highest BCUT2D eigenvalue weighted by molar-refractivity contribution is 6.31. The fourth-order valence-corrected chi connectivity index (χ4v) is 1.86. The zero-order valence-corrected chi connectivity index (χ0v) is 12.3. The van der Waals surface area contributed by atoms with Crippen LogP contribution in [0.1, 0.15) is 0 Å². The molecule has 1 aromatic heterocycles. The van der Waals surface area contributed by atoms with Crippen molar-refractivity contribution in [3.63, 3.8) is 0 Å². The van der Waals surface area contributed by atoms with Gasteiger partial charge in [0.25, 0.3) is 0 Å². The molecule has 0 radical (unpaired) electrons. The minimum absolute atomic E-state index is 0.419. The molecule has 0 aliphatic carbocycles. The Hall–Kier alpha value is -2.34. The van der Waals surface area contributed by atoms with Crippen molar-refractivity contribution in [3.8, 4) is 16.9 Å². The van der Waals surface area contributed by atoms with Crippen molar-refractivity contribution < 1.29 is 14.6 Å². The highest BCUT2D eigenvalue weighted by Gasteiger charge is 2.10. The van der Waals surface area contributed by atoms with Crippen LogP contribution < -0.4 is 9.64 Å². The summed E-state index contributed by atoms with van der Waals surface area (Å²) >= 11 is 5.99. The number of aromatic nitrogens is 2. The van der Waals surface area contributed by atoms with Crippen molar-refractivity contribution in [2.24, 2.45) is 0 Å². The Morgan fingerprint density at radius 1 is 1.33 bits per heavy atom. The molecule has 2 rings (SSSR count). The lowest BCUT2D eigenvalue weighted by Crippen LogP contribution is -2.12. The van der Waals surface area contributed by atoms with E-state index in [1.165, 1.54) is 0 Å². The van der Waals surface area contributed by atoms with E-state index in [-0.39, 0.29) is 0 Å². The lowest BCUT2D eigenvalue weighted by atomic mass is 10.1. The summed E-state index contributed by atoms with van der Waals surface area (Å²) in [7, 11) is 3.69. The quantitative estimate of drug-likeness (QED) is 0.913. The van der Waals surface area contributed by atoms with Crippen LogP contribution in [0.15, 0.2) is 30.6 Å². The standard InChI is InChI=1S/C14H14ClN3O3/c1-18(2)14-16-6-9(7-17-14)11-5-10(15)3-4-12(11)21-8-13(19)20/h3-7H,8H2,1-2H3,(H,19,20). The topological polar surface area (TPSA) is 75.6 Å². The first kappa shape index (κ1) is 15.1. The fourth-order valence-electron chi connectivity index (χ4n) is 1.68.